The van der Waals surface area contributed by atoms with Crippen molar-refractivity contribution in [1.29, 1.82) is 0 Å². The van der Waals surface area contributed by atoms with Crippen molar-refractivity contribution in [3.05, 3.63) is 94.4 Å². The standard InChI is InChI=1S/C27H23N3O5S2/c1-17-7-6-10-20(13-17)28-24(31)16-35-21-12-11-18(14-22(21)34-2)15-23-26(33)30(27(36)37-23)29-25(32)19-8-4-3-5-9-19/h3-15H,16H2,1-2H3,(H,28,31)(H,29,32)/b23-15-. The maximum Gasteiger partial charge on any atom is 0.285 e. The first-order chi connectivity index (χ1) is 17.8. The first kappa shape index (κ1) is 25.9. The van der Waals surface area contributed by atoms with Gasteiger partial charge < -0.3 is 14.8 Å². The molecule has 1 heterocycles. The topological polar surface area (TPSA) is 97.0 Å². The van der Waals surface area contributed by atoms with Crippen molar-refractivity contribution in [3.8, 4) is 11.5 Å². The maximum atomic E-state index is 12.9. The van der Waals surface area contributed by atoms with E-state index in [9.17, 15) is 14.4 Å². The predicted octanol–water partition coefficient (Wildman–Crippen LogP) is 4.57. The van der Waals surface area contributed by atoms with Gasteiger partial charge in [-0.25, -0.2) is 0 Å². The highest BCUT2D eigenvalue weighted by Crippen LogP contribution is 2.34. The number of ether oxygens (including phenoxy) is 2. The zero-order valence-electron chi connectivity index (χ0n) is 20.0. The number of benzene rings is 3. The summed E-state index contributed by atoms with van der Waals surface area (Å²) in [6.07, 6.45) is 1.64. The highest BCUT2D eigenvalue weighted by atomic mass is 32.2. The van der Waals surface area contributed by atoms with Gasteiger partial charge in [0, 0.05) is 11.3 Å². The number of hydrazine groups is 1. The monoisotopic (exact) mass is 533 g/mol. The third kappa shape index (κ3) is 6.54. The molecule has 8 nitrogen and oxygen atoms in total. The van der Waals surface area contributed by atoms with Gasteiger partial charge in [-0.1, -0.05) is 48.2 Å². The molecule has 3 amide bonds. The van der Waals surface area contributed by atoms with Crippen LogP contribution in [0.2, 0.25) is 0 Å². The Bertz CT molecular complexity index is 1390. The normalized spacial score (nSPS) is 14.0. The lowest BCUT2D eigenvalue weighted by Gasteiger charge is -2.15. The quantitative estimate of drug-likeness (QED) is 0.324. The van der Waals surface area contributed by atoms with Crippen molar-refractivity contribution >= 4 is 57.8 Å². The lowest BCUT2D eigenvalue weighted by atomic mass is 10.2. The molecule has 0 radical (unpaired) electrons. The number of amides is 3. The molecule has 1 fully saturated rings. The summed E-state index contributed by atoms with van der Waals surface area (Å²) < 4.78 is 11.3. The molecule has 0 aliphatic carbocycles. The molecule has 0 spiro atoms. The Morgan fingerprint density at radius 3 is 2.54 bits per heavy atom. The van der Waals surface area contributed by atoms with Crippen LogP contribution in [0, 0.1) is 6.92 Å². The van der Waals surface area contributed by atoms with Crippen LogP contribution in [0.25, 0.3) is 6.08 Å². The van der Waals surface area contributed by atoms with Crippen LogP contribution in [0.5, 0.6) is 11.5 Å². The number of rotatable bonds is 8. The maximum absolute atomic E-state index is 12.9. The average molecular weight is 534 g/mol. The van der Waals surface area contributed by atoms with Gasteiger partial charge in [0.2, 0.25) is 0 Å². The van der Waals surface area contributed by atoms with E-state index in [0.717, 1.165) is 22.3 Å². The van der Waals surface area contributed by atoms with Gasteiger partial charge in [0.15, 0.2) is 22.4 Å². The van der Waals surface area contributed by atoms with Crippen molar-refractivity contribution in [1.82, 2.24) is 10.4 Å². The summed E-state index contributed by atoms with van der Waals surface area (Å²) in [5.41, 5.74) is 5.34. The molecular weight excluding hydrogens is 510 g/mol. The number of thiocarbonyl (C=S) groups is 1. The second-order valence-corrected chi connectivity index (χ2v) is 9.62. The Balaban J connectivity index is 1.41. The van der Waals surface area contributed by atoms with E-state index in [1.807, 2.05) is 25.1 Å². The molecule has 4 rings (SSSR count). The first-order valence-electron chi connectivity index (χ1n) is 11.2. The van der Waals surface area contributed by atoms with Crippen LogP contribution in [-0.2, 0) is 9.59 Å². The van der Waals surface area contributed by atoms with Gasteiger partial charge in [-0.2, -0.15) is 5.01 Å². The number of hydrogen-bond acceptors (Lipinski definition) is 7. The highest BCUT2D eigenvalue weighted by Gasteiger charge is 2.33. The summed E-state index contributed by atoms with van der Waals surface area (Å²) in [5, 5.41) is 3.84. The van der Waals surface area contributed by atoms with Crippen molar-refractivity contribution in [2.45, 2.75) is 6.92 Å². The summed E-state index contributed by atoms with van der Waals surface area (Å²) >= 11 is 6.37. The lowest BCUT2D eigenvalue weighted by molar-refractivity contribution is -0.123. The van der Waals surface area contributed by atoms with Crippen LogP contribution >= 0.6 is 24.0 Å². The number of thioether (sulfide) groups is 1. The fourth-order valence-electron chi connectivity index (χ4n) is 3.43. The molecule has 2 N–H and O–H groups in total. The Hall–Kier alpha value is -4.15. The Morgan fingerprint density at radius 2 is 1.81 bits per heavy atom. The molecule has 0 bridgehead atoms. The third-order valence-corrected chi connectivity index (χ3v) is 6.49. The van der Waals surface area contributed by atoms with Gasteiger partial charge in [-0.3, -0.25) is 19.8 Å². The Labute approximate surface area is 223 Å². The smallest absolute Gasteiger partial charge is 0.285 e. The predicted molar refractivity (Wildman–Crippen MR) is 147 cm³/mol. The van der Waals surface area contributed by atoms with E-state index < -0.39 is 11.8 Å². The van der Waals surface area contributed by atoms with Crippen LogP contribution in [0.1, 0.15) is 21.5 Å². The molecule has 0 saturated carbocycles. The molecule has 37 heavy (non-hydrogen) atoms. The van der Waals surface area contributed by atoms with E-state index in [1.165, 1.54) is 7.11 Å². The fraction of sp³-hybridized carbons (Fsp3) is 0.111. The van der Waals surface area contributed by atoms with Gasteiger partial charge in [0.25, 0.3) is 17.7 Å². The number of aryl methyl sites for hydroxylation is 1. The minimum absolute atomic E-state index is 0.205. The molecular formula is C27H23N3O5S2. The summed E-state index contributed by atoms with van der Waals surface area (Å²) in [4.78, 5) is 38.0. The van der Waals surface area contributed by atoms with E-state index in [2.05, 4.69) is 10.7 Å². The number of nitrogens with one attached hydrogen (secondary N) is 2. The summed E-state index contributed by atoms with van der Waals surface area (Å²) in [6, 6.07) is 21.1. The molecule has 1 aliphatic rings. The number of carbonyl (C=O) groups excluding carboxylic acids is 3. The SMILES string of the molecule is COc1cc(/C=C2\SC(=S)N(NC(=O)c3ccccc3)C2=O)ccc1OCC(=O)Nc1cccc(C)c1. The van der Waals surface area contributed by atoms with Gasteiger partial charge in [0.1, 0.15) is 0 Å². The lowest BCUT2D eigenvalue weighted by Crippen LogP contribution is -2.44. The summed E-state index contributed by atoms with van der Waals surface area (Å²) in [5.74, 6) is -0.413. The van der Waals surface area contributed by atoms with Crippen molar-refractivity contribution in [3.63, 3.8) is 0 Å². The van der Waals surface area contributed by atoms with Crippen LogP contribution in [0.3, 0.4) is 0 Å². The number of methoxy groups -OCH3 is 1. The van der Waals surface area contributed by atoms with E-state index in [4.69, 9.17) is 21.7 Å². The van der Waals surface area contributed by atoms with Crippen molar-refractivity contribution < 1.29 is 23.9 Å². The minimum Gasteiger partial charge on any atom is -0.493 e. The molecule has 0 unspecified atom stereocenters. The summed E-state index contributed by atoms with van der Waals surface area (Å²) in [6.45, 7) is 1.74. The van der Waals surface area contributed by atoms with Crippen LogP contribution < -0.4 is 20.2 Å². The molecule has 0 aromatic heterocycles. The third-order valence-electron chi connectivity index (χ3n) is 5.19. The molecule has 3 aromatic carbocycles. The molecule has 0 atom stereocenters. The van der Waals surface area contributed by atoms with Gasteiger partial charge >= 0.3 is 0 Å². The molecule has 10 heteroatoms. The Morgan fingerprint density at radius 1 is 1.03 bits per heavy atom. The van der Waals surface area contributed by atoms with E-state index in [1.54, 1.807) is 60.7 Å². The molecule has 3 aromatic rings. The Kier molecular flexibility index (Phi) is 8.22. The van der Waals surface area contributed by atoms with E-state index in [0.29, 0.717) is 33.2 Å². The largest absolute Gasteiger partial charge is 0.493 e. The van der Waals surface area contributed by atoms with Crippen LogP contribution in [-0.4, -0.2) is 40.8 Å². The second kappa shape index (κ2) is 11.7. The average Bonchev–Trinajstić information content (AvgIpc) is 3.15. The number of anilines is 1. The summed E-state index contributed by atoms with van der Waals surface area (Å²) in [7, 11) is 1.48. The molecule has 1 saturated heterocycles. The van der Waals surface area contributed by atoms with Crippen LogP contribution in [0.4, 0.5) is 5.69 Å². The van der Waals surface area contributed by atoms with Gasteiger partial charge in [0.05, 0.1) is 12.0 Å². The minimum atomic E-state index is -0.439. The molecule has 1 aliphatic heterocycles. The number of hydrogen-bond donors (Lipinski definition) is 2. The van der Waals surface area contributed by atoms with Crippen molar-refractivity contribution in [2.75, 3.05) is 19.0 Å². The second-order valence-electron chi connectivity index (χ2n) is 7.94. The van der Waals surface area contributed by atoms with Gasteiger partial charge in [-0.05, 0) is 72.7 Å². The first-order valence-corrected chi connectivity index (χ1v) is 12.4. The van der Waals surface area contributed by atoms with E-state index in [-0.39, 0.29) is 16.8 Å². The van der Waals surface area contributed by atoms with E-state index >= 15 is 0 Å². The van der Waals surface area contributed by atoms with Crippen LogP contribution in [0.15, 0.2) is 77.7 Å². The zero-order valence-corrected chi connectivity index (χ0v) is 21.7. The fourth-order valence-corrected chi connectivity index (χ4v) is 4.61. The van der Waals surface area contributed by atoms with Gasteiger partial charge in [-0.15, -0.1) is 0 Å². The number of carbonyl (C=O) groups is 3. The number of nitrogens with zero attached hydrogens (tertiary/aromatic N) is 1. The highest BCUT2D eigenvalue weighted by molar-refractivity contribution is 8.26. The molecule has 188 valence electrons. The van der Waals surface area contributed by atoms with Crippen molar-refractivity contribution in [2.24, 2.45) is 0 Å². The zero-order chi connectivity index (χ0) is 26.4.